The van der Waals surface area contributed by atoms with Crippen LogP contribution in [-0.2, 0) is 46.5 Å². The summed E-state index contributed by atoms with van der Waals surface area (Å²) in [5, 5.41) is 2.76. The van der Waals surface area contributed by atoms with Crippen molar-refractivity contribution in [2.75, 3.05) is 52.7 Å². The van der Waals surface area contributed by atoms with Crippen LogP contribution in [0.25, 0.3) is 9.69 Å². The number of H-pyrrole nitrogens is 2. The second kappa shape index (κ2) is 36.8. The molecule has 25 nitrogen and oxygen atoms in total. The molecule has 3 N–H and O–H groups in total. The Balaban J connectivity index is 0.000000251. The van der Waals surface area contributed by atoms with Gasteiger partial charge in [-0.3, -0.25) is 28.7 Å². The fourth-order valence-corrected chi connectivity index (χ4v) is 22.2. The number of amides is 1. The van der Waals surface area contributed by atoms with Gasteiger partial charge in [0.15, 0.2) is 19.1 Å². The number of nitrogens with one attached hydrogen (secondary N) is 3. The molecule has 4 saturated heterocycles. The van der Waals surface area contributed by atoms with Crippen LogP contribution in [0.5, 0.6) is 0 Å². The first-order valence-corrected chi connectivity index (χ1v) is 41.4. The summed E-state index contributed by atoms with van der Waals surface area (Å²) < 4.78 is 69.2. The van der Waals surface area contributed by atoms with Gasteiger partial charge in [0.2, 0.25) is 13.1 Å². The molecule has 4 bridgehead atoms. The van der Waals surface area contributed by atoms with Crippen LogP contribution in [0.2, 0.25) is 0 Å². The summed E-state index contributed by atoms with van der Waals surface area (Å²) in [5.74, 6) is 15.2. The van der Waals surface area contributed by atoms with Crippen LogP contribution in [0, 0.1) is 83.2 Å². The molecule has 3 aromatic rings. The molecular formula is C81H115N9O16P2. The topological polar surface area (TPSA) is 263 Å². The number of carbonyl (C=O) groups is 2. The Labute approximate surface area is 639 Å². The summed E-state index contributed by atoms with van der Waals surface area (Å²) in [6.07, 6.45) is 14.6. The zero-order valence-corrected chi connectivity index (χ0v) is 67.7. The van der Waals surface area contributed by atoms with Crippen molar-refractivity contribution in [3.05, 3.63) is 136 Å². The Morgan fingerprint density at radius 1 is 0.704 bits per heavy atom. The van der Waals surface area contributed by atoms with Crippen molar-refractivity contribution in [2.24, 2.45) is 46.3 Å². The highest BCUT2D eigenvalue weighted by molar-refractivity contribution is 7.45. The van der Waals surface area contributed by atoms with E-state index in [1.54, 1.807) is 30.3 Å². The lowest BCUT2D eigenvalue weighted by Crippen LogP contribution is -2.51. The third kappa shape index (κ3) is 18.4. The summed E-state index contributed by atoms with van der Waals surface area (Å²) in [4.78, 5) is 88.6. The number of alkyl carbamates (subject to hydrolysis) is 1. The molecular weight excluding hydrogens is 1420 g/mol. The van der Waals surface area contributed by atoms with E-state index in [4.69, 9.17) is 59.7 Å². The van der Waals surface area contributed by atoms with E-state index in [-0.39, 0.29) is 99.5 Å². The second-order valence-electron chi connectivity index (χ2n) is 32.4. The Morgan fingerprint density at radius 2 is 1.24 bits per heavy atom. The van der Waals surface area contributed by atoms with Gasteiger partial charge in [0, 0.05) is 43.0 Å². The number of fused-ring (bicyclic) bond motifs is 9. The molecule has 4 aliphatic heterocycles. The van der Waals surface area contributed by atoms with Gasteiger partial charge in [-0.15, -0.1) is 0 Å². The molecule has 2 aromatic heterocycles. The van der Waals surface area contributed by atoms with Crippen molar-refractivity contribution in [1.29, 1.82) is 0 Å². The van der Waals surface area contributed by atoms with Crippen molar-refractivity contribution in [1.82, 2.24) is 33.8 Å². The highest BCUT2D eigenvalue weighted by atomic mass is 31.2. The molecule has 4 aliphatic carbocycles. The van der Waals surface area contributed by atoms with Crippen LogP contribution in [0.1, 0.15) is 221 Å². The van der Waals surface area contributed by atoms with Crippen LogP contribution in [-0.4, -0.2) is 159 Å². The normalized spacial score (nSPS) is 30.1. The zero-order chi connectivity index (χ0) is 78.0. The predicted molar refractivity (Wildman–Crippen MR) is 413 cm³/mol. The molecule has 590 valence electrons. The minimum Gasteiger partial charge on any atom is -0.449 e. The Morgan fingerprint density at radius 3 is 1.75 bits per heavy atom. The number of hydrogen-bond donors (Lipinski definition) is 3. The molecule has 27 heteroatoms. The van der Waals surface area contributed by atoms with E-state index in [9.17, 15) is 28.8 Å². The molecule has 1 amide bonds. The van der Waals surface area contributed by atoms with Crippen molar-refractivity contribution in [2.45, 2.75) is 266 Å². The molecule has 7 fully saturated rings. The fourth-order valence-electron chi connectivity index (χ4n) is 18.6. The van der Waals surface area contributed by atoms with E-state index in [1.807, 2.05) is 13.8 Å². The first-order chi connectivity index (χ1) is 51.6. The number of allylic oxidation sites excluding steroid dienone is 1. The quantitative estimate of drug-likeness (QED) is 0.0146. The van der Waals surface area contributed by atoms with E-state index in [1.165, 1.54) is 72.0 Å². The summed E-state index contributed by atoms with van der Waals surface area (Å²) >= 11 is 0. The van der Waals surface area contributed by atoms with Gasteiger partial charge in [0.05, 0.1) is 25.3 Å². The van der Waals surface area contributed by atoms with Crippen LogP contribution >= 0.6 is 17.1 Å². The van der Waals surface area contributed by atoms with Crippen LogP contribution < -0.4 is 27.8 Å². The molecule has 108 heavy (non-hydrogen) atoms. The molecule has 0 radical (unpaired) electrons. The van der Waals surface area contributed by atoms with E-state index >= 15 is 0 Å². The molecule has 18 atom stereocenters. The number of aromatic amines is 2. The standard InChI is InChI=1S/C51H78N5O8P.C30H37N4O8P/c1-12-51-31-60-43(44(51)64-65(61-28-27-52-11)56(33(4)5)34(6)7)46(63-51)55-30-36(45(57)54-47(55)58)17-14-26-53-48(59)62-38-22-24-49(9)37(29-38)18-19-39-41-21-20-40(35(8)16-13-15-32(2)3)50(41,10)25-23-42(39)49;1-7-30-19-39-24(25(30)42-43(40-17-15-31-6)34(20(2)3)21(4)5)27(41-30)33-18-23(26(35)32-29(33)37)14-11-16-38-28(36)22-12-9-8-10-13-22/h18,30,32-35,38-44,46H,12-13,15-16,19-29,31H2,1-10H3,(H,53,59)(H,54,57,58);8-10,12-13,18,20-21,24-25,27H,7,15-17,19H2,1-5H3,(H,32,35,37)/t35?,38-,39-,40+,41-,42-,43?,44+,46+,49-,50+,51-,65?;24?,25-,27-,30+,43?/m01/s1. The van der Waals surface area contributed by atoms with Crippen molar-refractivity contribution in [3.8, 4) is 23.7 Å². The first-order valence-electron chi connectivity index (χ1n) is 39.1. The maximum absolute atomic E-state index is 13.3. The van der Waals surface area contributed by atoms with E-state index in [0.29, 0.717) is 29.7 Å². The number of ether oxygens (including phenoxy) is 6. The summed E-state index contributed by atoms with van der Waals surface area (Å²) in [5.41, 5.74) is -1.84. The Bertz CT molecular complexity index is 4090. The third-order valence-electron chi connectivity index (χ3n) is 23.9. The van der Waals surface area contributed by atoms with Gasteiger partial charge in [-0.05, 0) is 172 Å². The average molecular weight is 1530 g/mol. The lowest BCUT2D eigenvalue weighted by atomic mass is 9.47. The zero-order valence-electron chi connectivity index (χ0n) is 65.9. The van der Waals surface area contributed by atoms with Gasteiger partial charge >= 0.3 is 23.4 Å². The highest BCUT2D eigenvalue weighted by Gasteiger charge is 2.66. The number of benzene rings is 1. The summed E-state index contributed by atoms with van der Waals surface area (Å²) in [7, 11) is -3.20. The van der Waals surface area contributed by atoms with Gasteiger partial charge in [0.1, 0.15) is 66.1 Å². The van der Waals surface area contributed by atoms with Gasteiger partial charge in [-0.1, -0.05) is 121 Å². The Hall–Kier alpha value is -6.38. The Kier molecular flexibility index (Phi) is 28.7. The van der Waals surface area contributed by atoms with Crippen LogP contribution in [0.15, 0.2) is 73.6 Å². The molecule has 3 saturated carbocycles. The van der Waals surface area contributed by atoms with E-state index in [0.717, 1.165) is 55.3 Å². The highest BCUT2D eigenvalue weighted by Crippen LogP contribution is 2.68. The number of hydrogen-bond acceptors (Lipinski definition) is 18. The minimum absolute atomic E-state index is 0.000250. The van der Waals surface area contributed by atoms with Gasteiger partial charge in [-0.25, -0.2) is 41.7 Å². The summed E-state index contributed by atoms with van der Waals surface area (Å²) in [6.45, 7) is 48.3. The smallest absolute Gasteiger partial charge is 0.408 e. The fraction of sp³-hybridized carbons (Fsp3) is 0.704. The number of carbonyl (C=O) groups excluding carboxylic acids is 2. The number of aromatic nitrogens is 4. The lowest BCUT2D eigenvalue weighted by Gasteiger charge is -2.58. The molecule has 11 rings (SSSR count). The monoisotopic (exact) mass is 1530 g/mol. The molecule has 8 aliphatic rings. The van der Waals surface area contributed by atoms with Crippen molar-refractivity contribution in [3.63, 3.8) is 0 Å². The maximum atomic E-state index is 13.3. The third-order valence-corrected chi connectivity index (χ3v) is 28.1. The largest absolute Gasteiger partial charge is 0.449 e. The van der Waals surface area contributed by atoms with Crippen LogP contribution in [0.3, 0.4) is 0 Å². The number of esters is 1. The second-order valence-corrected chi connectivity index (χ2v) is 35.2. The molecule has 5 unspecified atom stereocenters. The van der Waals surface area contributed by atoms with Crippen LogP contribution in [0.4, 0.5) is 4.79 Å². The van der Waals surface area contributed by atoms with Crippen molar-refractivity contribution >= 4 is 29.1 Å². The number of nitrogens with zero attached hydrogens (tertiary/aromatic N) is 6. The molecule has 1 aromatic carbocycles. The van der Waals surface area contributed by atoms with E-state index in [2.05, 4.69) is 154 Å². The van der Waals surface area contributed by atoms with Gasteiger partial charge in [-0.2, -0.15) is 0 Å². The number of rotatable bonds is 29. The van der Waals surface area contributed by atoms with Gasteiger partial charge in [0.25, 0.3) is 28.2 Å². The minimum atomic E-state index is -1.61. The van der Waals surface area contributed by atoms with Crippen molar-refractivity contribution < 1.29 is 56.1 Å². The lowest BCUT2D eigenvalue weighted by molar-refractivity contribution is -0.175. The maximum Gasteiger partial charge on any atom is 0.408 e. The SMILES string of the molecule is [C-]#[N+]CCOP(O[C@@H]1C2OC[C@]1(CC)O[C@H]2n1cc(C#CCNC(=O)O[C@H]2CC[C@@]3(C)C(=CC[C@H]4[C@@H]5CC[C@H](C(C)CCCC(C)C)[C@@]5(C)CC[C@@H]43)C2)c(=O)[nH]c1=O)N(C(C)C)C(C)C.[C-]#[N+]CCOP(O[C@@H]1C2OC[C@]1(CC)O[C@H]2n1cc(C#CCOC(=O)c2ccccc2)c(=O)[nH]c1=O)N(C(C)C)C(C)C. The summed E-state index contributed by atoms with van der Waals surface area (Å²) in [6, 6.07) is 8.88. The average Bonchev–Trinajstić information content (AvgIpc) is 1.48. The molecule has 0 spiro atoms. The van der Waals surface area contributed by atoms with Gasteiger partial charge < -0.3 is 61.5 Å². The molecule has 6 heterocycles. The van der Waals surface area contributed by atoms with E-state index < -0.39 is 99.7 Å². The first kappa shape index (κ1) is 84.1. The predicted octanol–water partition coefficient (Wildman–Crippen LogP) is 13.3.